The Labute approximate surface area is 632 Å². The van der Waals surface area contributed by atoms with E-state index in [1.165, 1.54) is 205 Å². The summed E-state index contributed by atoms with van der Waals surface area (Å²) in [6.45, 7) is 19.1. The molecule has 0 aliphatic carbocycles. The van der Waals surface area contributed by atoms with Crippen molar-refractivity contribution in [2.45, 2.75) is 305 Å². The van der Waals surface area contributed by atoms with Crippen LogP contribution in [0.2, 0.25) is 0 Å². The molecule has 2 unspecified atom stereocenters. The molecule has 2 aliphatic heterocycles. The van der Waals surface area contributed by atoms with E-state index in [4.69, 9.17) is 0 Å². The van der Waals surface area contributed by atoms with Crippen LogP contribution < -0.4 is 0 Å². The van der Waals surface area contributed by atoms with Crippen LogP contribution in [0.3, 0.4) is 0 Å². The summed E-state index contributed by atoms with van der Waals surface area (Å²) >= 11 is 6.93. The third-order valence-electron chi connectivity index (χ3n) is 21.8. The monoisotopic (exact) mass is 1450 g/mol. The van der Waals surface area contributed by atoms with Crippen molar-refractivity contribution >= 4 is 108 Å². The first-order chi connectivity index (χ1) is 50.0. The Balaban J connectivity index is 1.11. The van der Waals surface area contributed by atoms with E-state index >= 15 is 9.59 Å². The van der Waals surface area contributed by atoms with Crippen LogP contribution in [0.1, 0.15) is 329 Å². The van der Waals surface area contributed by atoms with E-state index < -0.39 is 0 Å². The zero-order valence-corrected chi connectivity index (χ0v) is 67.2. The Bertz CT molecular complexity index is 3970. The molecule has 7 nitrogen and oxygen atoms in total. The number of hydrogen-bond donors (Lipinski definition) is 0. The molecule has 7 heterocycles. The number of aryl methyl sites for hydroxylation is 1. The molecule has 0 spiro atoms. The number of amides is 2. The molecule has 2 amide bonds. The maximum atomic E-state index is 16.2. The fourth-order valence-electron chi connectivity index (χ4n) is 16.0. The van der Waals surface area contributed by atoms with Crippen LogP contribution in [0.25, 0.3) is 69.9 Å². The van der Waals surface area contributed by atoms with Crippen molar-refractivity contribution in [3.8, 4) is 31.6 Å². The lowest BCUT2D eigenvalue weighted by atomic mass is 9.93. The summed E-state index contributed by atoms with van der Waals surface area (Å²) in [5, 5.41) is 23.9. The first-order valence-corrected chi connectivity index (χ1v) is 44.1. The molecular weight excluding hydrogens is 1320 g/mol. The van der Waals surface area contributed by atoms with Crippen molar-refractivity contribution in [1.29, 1.82) is 10.5 Å². The van der Waals surface area contributed by atoms with E-state index in [0.717, 1.165) is 122 Å². The molecule has 0 fully saturated rings. The maximum Gasteiger partial charge on any atom is 0.261 e. The van der Waals surface area contributed by atoms with Gasteiger partial charge in [0.05, 0.1) is 55.6 Å². The lowest BCUT2D eigenvalue weighted by molar-refractivity contribution is -0.124. The molecule has 7 aromatic rings. The van der Waals surface area contributed by atoms with Gasteiger partial charge in [0.25, 0.3) is 11.8 Å². The Morgan fingerprint density at radius 1 is 0.402 bits per heavy atom. The molecule has 0 saturated carbocycles. The number of carbonyl (C=O) groups excluding carboxylic acids is 2. The number of hydrogen-bond acceptors (Lipinski definition) is 8. The van der Waals surface area contributed by atoms with Crippen molar-refractivity contribution in [3.05, 3.63) is 133 Å². The zero-order valence-electron chi connectivity index (χ0n) is 63.9. The Morgan fingerprint density at radius 2 is 0.745 bits per heavy atom. The normalized spacial score (nSPS) is 14.3. The van der Waals surface area contributed by atoms with Crippen LogP contribution in [0.15, 0.2) is 102 Å². The molecule has 548 valence electrons. The lowest BCUT2D eigenvalue weighted by Crippen LogP contribution is -2.34. The molecule has 102 heavy (non-hydrogen) atoms. The molecular formula is C91H123N5O2S4. The lowest BCUT2D eigenvalue weighted by Gasteiger charge is -2.29. The first-order valence-electron chi connectivity index (χ1n) is 40.8. The van der Waals surface area contributed by atoms with Crippen molar-refractivity contribution in [1.82, 2.24) is 14.4 Å². The van der Waals surface area contributed by atoms with Gasteiger partial charge in [0.1, 0.15) is 0 Å². The average Bonchev–Trinajstić information content (AvgIpc) is 1.50. The second-order valence-electron chi connectivity index (χ2n) is 29.8. The topological polar surface area (TPSA) is 93.1 Å². The predicted molar refractivity (Wildman–Crippen MR) is 445 cm³/mol. The number of allylic oxidation sites excluding steroid dienone is 3. The van der Waals surface area contributed by atoms with Crippen LogP contribution in [0, 0.1) is 41.4 Å². The van der Waals surface area contributed by atoms with Crippen LogP contribution in [0.4, 0.5) is 0 Å². The first kappa shape index (κ1) is 80.0. The van der Waals surface area contributed by atoms with Gasteiger partial charge in [-0.2, -0.15) is 10.5 Å². The fraction of sp³-hybridized carbons (Fsp3) is 0.560. The maximum absolute atomic E-state index is 16.2. The van der Waals surface area contributed by atoms with Gasteiger partial charge in [0.15, 0.2) is 0 Å². The molecule has 0 bridgehead atoms. The zero-order chi connectivity index (χ0) is 72.0. The van der Waals surface area contributed by atoms with Crippen LogP contribution >= 0.6 is 45.3 Å². The molecule has 2 atom stereocenters. The summed E-state index contributed by atoms with van der Waals surface area (Å²) < 4.78 is 2.61. The van der Waals surface area contributed by atoms with Crippen molar-refractivity contribution < 1.29 is 9.59 Å². The van der Waals surface area contributed by atoms with Crippen LogP contribution in [-0.2, 0) is 9.59 Å². The number of unbranched alkanes of at least 4 members (excludes halogenated alkanes) is 26. The van der Waals surface area contributed by atoms with Crippen molar-refractivity contribution in [2.24, 2.45) is 11.8 Å². The Morgan fingerprint density at radius 3 is 1.14 bits per heavy atom. The molecule has 0 radical (unpaired) electrons. The highest BCUT2D eigenvalue weighted by Crippen LogP contribution is 2.52. The minimum Gasteiger partial charge on any atom is -0.337 e. The molecule has 2 aliphatic rings. The summed E-state index contributed by atoms with van der Waals surface area (Å²) in [5.41, 5.74) is 8.30. The number of thiophene rings is 4. The van der Waals surface area contributed by atoms with Gasteiger partial charge in [-0.3, -0.25) is 9.59 Å². The molecule has 5 aromatic heterocycles. The quantitative estimate of drug-likeness (QED) is 0.0280. The molecule has 0 N–H and O–H groups in total. The van der Waals surface area contributed by atoms with E-state index in [1.54, 1.807) is 45.3 Å². The molecule has 11 heteroatoms. The third-order valence-corrected chi connectivity index (χ3v) is 26.5. The minimum absolute atomic E-state index is 0.0107. The highest BCUT2D eigenvalue weighted by molar-refractivity contribution is 7.23. The minimum atomic E-state index is -0.0107. The summed E-state index contributed by atoms with van der Waals surface area (Å²) in [6.07, 6.45) is 49.9. The van der Waals surface area contributed by atoms with E-state index in [-0.39, 0.29) is 17.9 Å². The van der Waals surface area contributed by atoms with Crippen LogP contribution in [0.5, 0.6) is 0 Å². The van der Waals surface area contributed by atoms with Gasteiger partial charge >= 0.3 is 0 Å². The third kappa shape index (κ3) is 21.6. The number of carbonyl (C=O) groups is 2. The number of rotatable bonds is 50. The number of fused-ring (bicyclic) bond motifs is 4. The Hall–Kier alpha value is -6.08. The summed E-state index contributed by atoms with van der Waals surface area (Å²) in [5.74, 6) is 0.629. The van der Waals surface area contributed by atoms with Gasteiger partial charge in [-0.05, 0) is 142 Å². The molecule has 9 rings (SSSR count). The van der Waals surface area contributed by atoms with Gasteiger partial charge in [-0.1, -0.05) is 277 Å². The summed E-state index contributed by atoms with van der Waals surface area (Å²) in [4.78, 5) is 45.5. The van der Waals surface area contributed by atoms with Crippen molar-refractivity contribution in [3.63, 3.8) is 0 Å². The van der Waals surface area contributed by atoms with Crippen LogP contribution in [-0.4, -0.2) is 39.3 Å². The second-order valence-corrected chi connectivity index (χ2v) is 34.4. The fourth-order valence-corrected chi connectivity index (χ4v) is 20.1. The number of benzene rings is 2. The summed E-state index contributed by atoms with van der Waals surface area (Å²) in [6, 6.07) is 36.2. The number of nitrogens with zero attached hydrogens (tertiary/aromatic N) is 5. The average molecular weight is 1450 g/mol. The predicted octanol–water partition coefficient (Wildman–Crippen LogP) is 29.2. The van der Waals surface area contributed by atoms with Gasteiger partial charge in [-0.25, -0.2) is 0 Å². The number of nitriles is 2. The van der Waals surface area contributed by atoms with E-state index in [2.05, 4.69) is 166 Å². The number of aromatic nitrogens is 1. The van der Waals surface area contributed by atoms with E-state index in [0.29, 0.717) is 47.2 Å². The molecule has 2 aromatic carbocycles. The van der Waals surface area contributed by atoms with E-state index in [1.807, 2.05) is 13.0 Å². The van der Waals surface area contributed by atoms with Crippen molar-refractivity contribution in [2.75, 3.05) is 13.1 Å². The smallest absolute Gasteiger partial charge is 0.261 e. The van der Waals surface area contributed by atoms with Gasteiger partial charge in [0.2, 0.25) is 0 Å². The van der Waals surface area contributed by atoms with Gasteiger partial charge in [-0.15, -0.1) is 45.3 Å². The highest BCUT2D eigenvalue weighted by Gasteiger charge is 2.50. The summed E-state index contributed by atoms with van der Waals surface area (Å²) in [7, 11) is 0. The van der Waals surface area contributed by atoms with E-state index in [9.17, 15) is 10.5 Å². The van der Waals surface area contributed by atoms with Gasteiger partial charge < -0.3 is 14.4 Å². The second kappa shape index (κ2) is 42.8. The largest absolute Gasteiger partial charge is 0.337 e. The molecule has 0 saturated heterocycles. The highest BCUT2D eigenvalue weighted by atomic mass is 32.1. The SMILES string of the molecule is C/C=C(\C#N)c1ccc2c3ccc(/C(C#N)=C/c4ccc(-c5ccc(C6=C7C(=O)N(CC(CCCCCC)CCCCCCCC)C(c8ccc(-c9ccc(C)s9)s8)=C7C(=O)N6CC(CCCCCC)CCCCCCCC)s5)s4)cc3n(C(CCCCCCCC)CCCCCCCC)c2c1. The standard InChI is InChI=1S/C91H123N5O2S4/c1-9-16-22-28-32-38-44-68(42-36-26-20-13-5)65-94-88(84-58-56-82(101-84)80-54-48-67(8)99-80)86-87(91(94)98)89(95(90(86)97)66-69(43-37-27-21-14-6)45-39-33-29-23-17-10-2)85-59-57-83(102-85)81-55-51-75(100-81)60-73(64-93)72-50-53-77-76-52-49-71(70(15-7)63-92)61-78(76)96(79(77)62-72)74(46-40-34-30-24-18-11-3)47-41-35-31-25-19-12-4/h15,48-62,68-69,74H,9-14,16-47,65-66H2,1-8H3/b70-15+,73-60+. The Kier molecular flexibility index (Phi) is 33.6. The van der Waals surface area contributed by atoms with Gasteiger partial charge in [0, 0.05) is 70.2 Å².